The van der Waals surface area contributed by atoms with Gasteiger partial charge < -0.3 is 61.7 Å². The van der Waals surface area contributed by atoms with Gasteiger partial charge in [-0.1, -0.05) is 12.1 Å². The van der Waals surface area contributed by atoms with Crippen molar-refractivity contribution in [2.24, 2.45) is 0 Å². The van der Waals surface area contributed by atoms with Gasteiger partial charge in [0.05, 0.1) is 22.2 Å². The molecule has 4 aromatic rings. The molecule has 0 radical (unpaired) electrons. The number of carboxylic acid groups (broad SMARTS) is 1. The third kappa shape index (κ3) is 3.93. The van der Waals surface area contributed by atoms with Crippen molar-refractivity contribution >= 4 is 28.8 Å². The molecule has 13 nitrogen and oxygen atoms in total. The smallest absolute Gasteiger partial charge is 0.335 e. The van der Waals surface area contributed by atoms with Crippen molar-refractivity contribution in [3.05, 3.63) is 83.1 Å². The van der Waals surface area contributed by atoms with Gasteiger partial charge in [-0.25, -0.2) is 13.6 Å². The number of fused-ring (bicyclic) bond motifs is 1. The zero-order valence-corrected chi connectivity index (χ0v) is 23.6. The Morgan fingerprint density at radius 3 is 2.00 bits per heavy atom. The van der Waals surface area contributed by atoms with Crippen molar-refractivity contribution in [2.75, 3.05) is 5.73 Å². The van der Waals surface area contributed by atoms with Crippen molar-refractivity contribution in [2.45, 2.75) is 48.3 Å². The van der Waals surface area contributed by atoms with Crippen LogP contribution in [-0.2, 0) is 5.41 Å². The molecule has 45 heavy (non-hydrogen) atoms. The quantitative estimate of drug-likeness (QED) is 0.0812. The molecule has 15 heteroatoms. The summed E-state index contributed by atoms with van der Waals surface area (Å²) in [4.78, 5) is 11.6. The number of aromatic carboxylic acids is 1. The number of nitrogens with two attached hydrogens (primary N) is 1. The topological polar surface area (TPSA) is 254 Å². The zero-order chi connectivity index (χ0) is 33.7. The van der Waals surface area contributed by atoms with E-state index in [9.17, 15) is 55.1 Å². The summed E-state index contributed by atoms with van der Waals surface area (Å²) in [7, 11) is 0. The second kappa shape index (κ2) is 9.84. The number of nitrogen functional groups attached to an aromatic ring is 1. The lowest BCUT2D eigenvalue weighted by Gasteiger charge is -2.63. The van der Waals surface area contributed by atoms with E-state index in [0.717, 1.165) is 42.0 Å². The zero-order valence-electron chi connectivity index (χ0n) is 23.6. The number of halogens is 2. The first-order valence-corrected chi connectivity index (χ1v) is 13.2. The van der Waals surface area contributed by atoms with Crippen LogP contribution in [0.2, 0.25) is 0 Å². The molecule has 0 saturated heterocycles. The lowest BCUT2D eigenvalue weighted by atomic mass is 9.54. The standard InChI is InChI=1S/C30H29F2N3O10/c1-26(25(38)28(40,41)30(44,45)29(42,43)27(26,2)39)23-19(13-3-5-14(6-4-13)24(36)37)20-18(11-15(12-33)22(34)21(20)32)35(23)17-9-7-16(31)8-10-17/h3-12,25,33,38-45H,34H2,1-2H3,(H,36,37)/t25?,26-,27?/m1/s1. The van der Waals surface area contributed by atoms with Gasteiger partial charge in [0.15, 0.2) is 5.82 Å². The molecule has 1 aliphatic carbocycles. The maximum absolute atomic E-state index is 16.4. The van der Waals surface area contributed by atoms with Gasteiger partial charge in [-0.15, -0.1) is 0 Å². The minimum absolute atomic E-state index is 0.0260. The van der Waals surface area contributed by atoms with E-state index < -0.39 is 68.9 Å². The van der Waals surface area contributed by atoms with E-state index in [1.165, 1.54) is 30.3 Å². The van der Waals surface area contributed by atoms with Crippen molar-refractivity contribution < 1.29 is 59.5 Å². The van der Waals surface area contributed by atoms with E-state index in [1.807, 2.05) is 0 Å². The minimum atomic E-state index is -4.40. The van der Waals surface area contributed by atoms with Crippen LogP contribution in [-0.4, -0.2) is 91.8 Å². The molecule has 0 spiro atoms. The van der Waals surface area contributed by atoms with E-state index in [1.54, 1.807) is 0 Å². The van der Waals surface area contributed by atoms with E-state index >= 15 is 4.39 Å². The largest absolute Gasteiger partial charge is 0.478 e. The number of carboxylic acids is 1. The fourth-order valence-electron chi connectivity index (χ4n) is 6.14. The molecule has 1 aromatic heterocycles. The lowest BCUT2D eigenvalue weighted by Crippen LogP contribution is -2.89. The number of aromatic nitrogens is 1. The highest BCUT2D eigenvalue weighted by Gasteiger charge is 2.83. The molecule has 3 aromatic carbocycles. The first-order valence-electron chi connectivity index (χ1n) is 13.2. The van der Waals surface area contributed by atoms with E-state index in [0.29, 0.717) is 6.92 Å². The first-order chi connectivity index (χ1) is 20.7. The molecule has 0 bridgehead atoms. The van der Waals surface area contributed by atoms with Gasteiger partial charge in [-0.2, -0.15) is 0 Å². The fraction of sp³-hybridized carbons (Fsp3) is 0.267. The van der Waals surface area contributed by atoms with Gasteiger partial charge in [-0.3, -0.25) is 0 Å². The van der Waals surface area contributed by atoms with Gasteiger partial charge in [0.2, 0.25) is 0 Å². The molecule has 0 amide bonds. The summed E-state index contributed by atoms with van der Waals surface area (Å²) in [5.41, 5.74) is -2.18. The predicted octanol–water partition coefficient (Wildman–Crippen LogP) is 0.280. The molecule has 238 valence electrons. The first kappa shape index (κ1) is 32.1. The maximum atomic E-state index is 16.4. The minimum Gasteiger partial charge on any atom is -0.478 e. The highest BCUT2D eigenvalue weighted by molar-refractivity contribution is 6.05. The SMILES string of the molecule is CC1(O)C(O)(O)C(O)(O)C(O)(O)C(O)[C@@]1(C)c1c(-c2ccc(C(=O)O)cc2)c2c(F)c(N)c(C=N)cc2n1-c1ccc(F)cc1. The van der Waals surface area contributed by atoms with Crippen molar-refractivity contribution in [3.63, 3.8) is 0 Å². The molecule has 1 aliphatic rings. The molecule has 1 heterocycles. The lowest BCUT2D eigenvalue weighted by molar-refractivity contribution is -0.525. The molecule has 0 aliphatic heterocycles. The van der Waals surface area contributed by atoms with Crippen LogP contribution in [0.15, 0.2) is 54.6 Å². The second-order valence-electron chi connectivity index (χ2n) is 11.4. The summed E-state index contributed by atoms with van der Waals surface area (Å²) in [5, 5.41) is 105. The number of rotatable bonds is 5. The number of benzene rings is 3. The number of aliphatic hydroxyl groups excluding tert-OH is 1. The molecule has 12 N–H and O–H groups in total. The number of carbonyl (C=O) groups is 1. The Balaban J connectivity index is 2.10. The molecular formula is C30H29F2N3O10. The third-order valence-corrected chi connectivity index (χ3v) is 9.04. The molecule has 3 atom stereocenters. The Bertz CT molecular complexity index is 1870. The summed E-state index contributed by atoms with van der Waals surface area (Å²) in [5.74, 6) is -16.0. The van der Waals surface area contributed by atoms with Crippen LogP contribution in [0.1, 0.15) is 35.5 Å². The van der Waals surface area contributed by atoms with E-state index in [2.05, 4.69) is 0 Å². The Kier molecular flexibility index (Phi) is 7.01. The van der Waals surface area contributed by atoms with Crippen LogP contribution in [0.5, 0.6) is 0 Å². The van der Waals surface area contributed by atoms with Crippen LogP contribution >= 0.6 is 0 Å². The monoisotopic (exact) mass is 629 g/mol. The van der Waals surface area contributed by atoms with Crippen molar-refractivity contribution in [3.8, 4) is 16.8 Å². The Hall–Kier alpha value is -4.32. The normalized spacial score (nSPS) is 25.3. The number of aliphatic hydroxyl groups is 8. The van der Waals surface area contributed by atoms with Crippen molar-refractivity contribution in [1.82, 2.24) is 4.57 Å². The number of anilines is 1. The predicted molar refractivity (Wildman–Crippen MR) is 153 cm³/mol. The Labute approximate surface area is 252 Å². The summed E-state index contributed by atoms with van der Waals surface area (Å²) in [6, 6.07) is 10.2. The molecular weight excluding hydrogens is 600 g/mol. The van der Waals surface area contributed by atoms with Gasteiger partial charge in [0.25, 0.3) is 17.4 Å². The van der Waals surface area contributed by atoms with Gasteiger partial charge >= 0.3 is 5.97 Å². The van der Waals surface area contributed by atoms with Crippen LogP contribution in [0, 0.1) is 17.0 Å². The fourth-order valence-corrected chi connectivity index (χ4v) is 6.14. The second-order valence-corrected chi connectivity index (χ2v) is 11.4. The van der Waals surface area contributed by atoms with Gasteiger partial charge in [0.1, 0.15) is 17.5 Å². The number of nitrogens with zero attached hydrogens (tertiary/aromatic N) is 1. The van der Waals surface area contributed by atoms with Gasteiger partial charge in [-0.05, 0) is 61.9 Å². The van der Waals surface area contributed by atoms with E-state index in [4.69, 9.17) is 11.1 Å². The van der Waals surface area contributed by atoms with Crippen LogP contribution < -0.4 is 5.73 Å². The van der Waals surface area contributed by atoms with Gasteiger partial charge in [0, 0.05) is 34.1 Å². The number of hydrogen-bond acceptors (Lipinski definition) is 11. The van der Waals surface area contributed by atoms with E-state index in [-0.39, 0.29) is 33.5 Å². The number of nitrogens with one attached hydrogen (secondary N) is 1. The number of hydrogen-bond donors (Lipinski definition) is 11. The average Bonchev–Trinajstić information content (AvgIpc) is 3.33. The van der Waals surface area contributed by atoms with Crippen LogP contribution in [0.25, 0.3) is 27.7 Å². The summed E-state index contributed by atoms with van der Waals surface area (Å²) >= 11 is 0. The summed E-state index contributed by atoms with van der Waals surface area (Å²) < 4.78 is 31.6. The summed E-state index contributed by atoms with van der Waals surface area (Å²) in [6.45, 7) is 1.54. The Morgan fingerprint density at radius 2 is 1.49 bits per heavy atom. The molecule has 1 fully saturated rings. The molecule has 2 unspecified atom stereocenters. The summed E-state index contributed by atoms with van der Waals surface area (Å²) in [6.07, 6.45) is -2.20. The highest BCUT2D eigenvalue weighted by atomic mass is 19.1. The third-order valence-electron chi connectivity index (χ3n) is 9.04. The average molecular weight is 630 g/mol. The van der Waals surface area contributed by atoms with Crippen molar-refractivity contribution in [1.29, 1.82) is 5.41 Å². The molecule has 5 rings (SSSR count). The highest BCUT2D eigenvalue weighted by Crippen LogP contribution is 2.59. The molecule has 1 saturated carbocycles. The van der Waals surface area contributed by atoms with Crippen LogP contribution in [0.3, 0.4) is 0 Å². The van der Waals surface area contributed by atoms with Crippen LogP contribution in [0.4, 0.5) is 14.5 Å². The Morgan fingerprint density at radius 1 is 0.933 bits per heavy atom. The maximum Gasteiger partial charge on any atom is 0.335 e.